The maximum Gasteiger partial charge on any atom is 0.0854 e. The van der Waals surface area contributed by atoms with Crippen molar-refractivity contribution in [3.8, 4) is 0 Å². The van der Waals surface area contributed by atoms with E-state index in [-0.39, 0.29) is 11.7 Å². The van der Waals surface area contributed by atoms with Crippen molar-refractivity contribution in [3.63, 3.8) is 0 Å². The highest BCUT2D eigenvalue weighted by Crippen LogP contribution is 2.31. The molecule has 1 aliphatic heterocycles. The Kier molecular flexibility index (Phi) is 4.56. The SMILES string of the molecule is CC(C)OC1(CN)CCOC(C(C)C)C1. The number of rotatable bonds is 4. The van der Waals surface area contributed by atoms with E-state index in [9.17, 15) is 0 Å². The summed E-state index contributed by atoms with van der Waals surface area (Å²) in [6, 6.07) is 0. The number of ether oxygens (including phenoxy) is 2. The number of hydrogen-bond acceptors (Lipinski definition) is 3. The van der Waals surface area contributed by atoms with Gasteiger partial charge in [-0.25, -0.2) is 0 Å². The van der Waals surface area contributed by atoms with E-state index in [1.165, 1.54) is 0 Å². The summed E-state index contributed by atoms with van der Waals surface area (Å²) in [6.07, 6.45) is 2.38. The minimum Gasteiger partial charge on any atom is -0.378 e. The highest BCUT2D eigenvalue weighted by Gasteiger charge is 2.38. The van der Waals surface area contributed by atoms with Crippen LogP contribution in [0.5, 0.6) is 0 Å². The average Bonchev–Trinajstić information content (AvgIpc) is 2.17. The number of hydrogen-bond donors (Lipinski definition) is 1. The van der Waals surface area contributed by atoms with Crippen molar-refractivity contribution in [3.05, 3.63) is 0 Å². The van der Waals surface area contributed by atoms with Gasteiger partial charge >= 0.3 is 0 Å². The maximum atomic E-state index is 6.00. The molecule has 0 aromatic rings. The summed E-state index contributed by atoms with van der Waals surface area (Å²) in [6.45, 7) is 9.87. The molecule has 0 bridgehead atoms. The molecule has 0 spiro atoms. The lowest BCUT2D eigenvalue weighted by molar-refractivity contribution is -0.159. The Hall–Kier alpha value is -0.120. The van der Waals surface area contributed by atoms with Crippen LogP contribution in [0, 0.1) is 5.92 Å². The molecular formula is C12H25NO2. The fourth-order valence-electron chi connectivity index (χ4n) is 2.19. The van der Waals surface area contributed by atoms with Gasteiger partial charge < -0.3 is 15.2 Å². The average molecular weight is 215 g/mol. The van der Waals surface area contributed by atoms with E-state index < -0.39 is 0 Å². The van der Waals surface area contributed by atoms with Crippen molar-refractivity contribution >= 4 is 0 Å². The summed E-state index contributed by atoms with van der Waals surface area (Å²) in [4.78, 5) is 0. The molecule has 0 aromatic carbocycles. The Morgan fingerprint density at radius 3 is 2.53 bits per heavy atom. The fourth-order valence-corrected chi connectivity index (χ4v) is 2.19. The van der Waals surface area contributed by atoms with Crippen LogP contribution in [-0.4, -0.2) is 31.0 Å². The molecule has 0 radical (unpaired) electrons. The van der Waals surface area contributed by atoms with Crippen molar-refractivity contribution in [2.75, 3.05) is 13.2 Å². The van der Waals surface area contributed by atoms with E-state index in [1.54, 1.807) is 0 Å². The minimum absolute atomic E-state index is 0.151. The first-order chi connectivity index (χ1) is 6.99. The lowest BCUT2D eigenvalue weighted by Crippen LogP contribution is -2.50. The largest absolute Gasteiger partial charge is 0.378 e. The molecule has 0 aromatic heterocycles. The summed E-state index contributed by atoms with van der Waals surface area (Å²) < 4.78 is 11.7. The van der Waals surface area contributed by atoms with Gasteiger partial charge in [-0.15, -0.1) is 0 Å². The second kappa shape index (κ2) is 5.28. The molecule has 0 aliphatic carbocycles. The molecule has 1 aliphatic rings. The standard InChI is InChI=1S/C12H25NO2/c1-9(2)11-7-12(8-13,5-6-14-11)15-10(3)4/h9-11H,5-8,13H2,1-4H3. The molecule has 1 saturated heterocycles. The van der Waals surface area contributed by atoms with E-state index >= 15 is 0 Å². The molecule has 2 atom stereocenters. The van der Waals surface area contributed by atoms with Gasteiger partial charge in [0.2, 0.25) is 0 Å². The summed E-state index contributed by atoms with van der Waals surface area (Å²) in [7, 11) is 0. The highest BCUT2D eigenvalue weighted by atomic mass is 16.5. The normalized spacial score (nSPS) is 32.6. The molecule has 1 rings (SSSR count). The molecule has 90 valence electrons. The maximum absolute atomic E-state index is 6.00. The molecular weight excluding hydrogens is 190 g/mol. The number of nitrogens with two attached hydrogens (primary N) is 1. The third kappa shape index (κ3) is 3.44. The monoisotopic (exact) mass is 215 g/mol. The second-order valence-corrected chi connectivity index (χ2v) is 5.16. The van der Waals surface area contributed by atoms with Gasteiger partial charge in [0.1, 0.15) is 0 Å². The predicted molar refractivity (Wildman–Crippen MR) is 61.8 cm³/mol. The van der Waals surface area contributed by atoms with E-state index in [2.05, 4.69) is 27.7 Å². The molecule has 0 saturated carbocycles. The van der Waals surface area contributed by atoms with Crippen molar-refractivity contribution in [2.24, 2.45) is 11.7 Å². The van der Waals surface area contributed by atoms with Crippen molar-refractivity contribution < 1.29 is 9.47 Å². The lowest BCUT2D eigenvalue weighted by atomic mass is 9.86. The molecule has 15 heavy (non-hydrogen) atoms. The molecule has 1 heterocycles. The van der Waals surface area contributed by atoms with Crippen LogP contribution in [0.1, 0.15) is 40.5 Å². The first kappa shape index (κ1) is 12.9. The summed E-state index contributed by atoms with van der Waals surface area (Å²) >= 11 is 0. The van der Waals surface area contributed by atoms with Crippen LogP contribution in [0.25, 0.3) is 0 Å². The van der Waals surface area contributed by atoms with Crippen LogP contribution in [-0.2, 0) is 9.47 Å². The molecule has 3 heteroatoms. The second-order valence-electron chi connectivity index (χ2n) is 5.16. The predicted octanol–water partition coefficient (Wildman–Crippen LogP) is 1.94. The Labute approximate surface area is 93.3 Å². The van der Waals surface area contributed by atoms with Crippen LogP contribution in [0.4, 0.5) is 0 Å². The molecule has 2 N–H and O–H groups in total. The van der Waals surface area contributed by atoms with Crippen molar-refractivity contribution in [1.29, 1.82) is 0 Å². The Morgan fingerprint density at radius 1 is 1.40 bits per heavy atom. The molecule has 0 amide bonds. The zero-order chi connectivity index (χ0) is 11.5. The quantitative estimate of drug-likeness (QED) is 0.779. The molecule has 2 unspecified atom stereocenters. The van der Waals surface area contributed by atoms with Crippen LogP contribution >= 0.6 is 0 Å². The van der Waals surface area contributed by atoms with Gasteiger partial charge in [-0.3, -0.25) is 0 Å². The molecule has 1 fully saturated rings. The third-order valence-electron chi connectivity index (χ3n) is 3.06. The Bertz CT molecular complexity index is 194. The fraction of sp³-hybridized carbons (Fsp3) is 1.00. The smallest absolute Gasteiger partial charge is 0.0854 e. The molecule has 3 nitrogen and oxygen atoms in total. The van der Waals surface area contributed by atoms with Gasteiger partial charge in [0.05, 0.1) is 17.8 Å². The van der Waals surface area contributed by atoms with E-state index in [0.717, 1.165) is 19.4 Å². The first-order valence-electron chi connectivity index (χ1n) is 5.98. The first-order valence-corrected chi connectivity index (χ1v) is 5.98. The van der Waals surface area contributed by atoms with Gasteiger partial charge in [0.15, 0.2) is 0 Å². The van der Waals surface area contributed by atoms with Gasteiger partial charge in [-0.05, 0) is 19.8 Å². The topological polar surface area (TPSA) is 44.5 Å². The van der Waals surface area contributed by atoms with Crippen LogP contribution < -0.4 is 5.73 Å². The van der Waals surface area contributed by atoms with Gasteiger partial charge in [-0.1, -0.05) is 13.8 Å². The highest BCUT2D eigenvalue weighted by molar-refractivity contribution is 4.90. The van der Waals surface area contributed by atoms with Gasteiger partial charge in [-0.2, -0.15) is 0 Å². The zero-order valence-electron chi connectivity index (χ0n) is 10.5. The Morgan fingerprint density at radius 2 is 2.07 bits per heavy atom. The van der Waals surface area contributed by atoms with E-state index in [0.29, 0.717) is 18.6 Å². The summed E-state index contributed by atoms with van der Waals surface area (Å²) in [5.41, 5.74) is 5.72. The Balaban J connectivity index is 2.63. The van der Waals surface area contributed by atoms with E-state index in [1.807, 2.05) is 0 Å². The van der Waals surface area contributed by atoms with Gasteiger partial charge in [0.25, 0.3) is 0 Å². The van der Waals surface area contributed by atoms with Crippen LogP contribution in [0.2, 0.25) is 0 Å². The van der Waals surface area contributed by atoms with Crippen LogP contribution in [0.15, 0.2) is 0 Å². The summed E-state index contributed by atoms with van der Waals surface area (Å²) in [5.74, 6) is 0.534. The third-order valence-corrected chi connectivity index (χ3v) is 3.06. The van der Waals surface area contributed by atoms with Crippen molar-refractivity contribution in [2.45, 2.75) is 58.3 Å². The van der Waals surface area contributed by atoms with E-state index in [4.69, 9.17) is 15.2 Å². The van der Waals surface area contributed by atoms with Crippen molar-refractivity contribution in [1.82, 2.24) is 0 Å². The summed E-state index contributed by atoms with van der Waals surface area (Å²) in [5, 5.41) is 0. The minimum atomic E-state index is -0.151. The van der Waals surface area contributed by atoms with Gasteiger partial charge in [0, 0.05) is 26.0 Å². The van der Waals surface area contributed by atoms with Crippen LogP contribution in [0.3, 0.4) is 0 Å². The lowest BCUT2D eigenvalue weighted by Gasteiger charge is -2.42. The zero-order valence-corrected chi connectivity index (χ0v) is 10.5.